The van der Waals surface area contributed by atoms with Crippen LogP contribution < -0.4 is 0 Å². The summed E-state index contributed by atoms with van der Waals surface area (Å²) < 4.78 is 0. The molecule has 8 heavy (non-hydrogen) atoms. The van der Waals surface area contributed by atoms with Crippen molar-refractivity contribution >= 4 is 6.29 Å². The number of hydrogen-bond donors (Lipinski definition) is 1. The first-order valence-corrected chi connectivity index (χ1v) is 1.90. The number of terminal acetylenes is 1. The van der Waals surface area contributed by atoms with Crippen LogP contribution >= 0.6 is 0 Å². The molecule has 0 aliphatic carbocycles. The molecule has 2 heteroatoms. The summed E-state index contributed by atoms with van der Waals surface area (Å²) in [6.07, 6.45) is 3.96. The lowest BCUT2D eigenvalue weighted by molar-refractivity contribution is -0.103. The van der Waals surface area contributed by atoms with E-state index in [-0.39, 0.29) is 0 Å². The lowest BCUT2D eigenvalue weighted by Crippen LogP contribution is -1.96. The van der Waals surface area contributed by atoms with E-state index in [1.54, 1.807) is 0 Å². The summed E-state index contributed by atoms with van der Waals surface area (Å²) in [5, 5.41) is 8.42. The molecule has 0 aromatic rings. The molecule has 0 radical (unpaired) electrons. The van der Waals surface area contributed by atoms with Crippen LogP contribution in [0, 0.1) is 24.2 Å². The molecule has 2 nitrogen and oxygen atoms in total. The zero-order valence-electron chi connectivity index (χ0n) is 4.09. The van der Waals surface area contributed by atoms with Crippen molar-refractivity contribution < 1.29 is 9.90 Å². The summed E-state index contributed by atoms with van der Waals surface area (Å²) >= 11 is 0. The molecule has 0 aliphatic heterocycles. The predicted octanol–water partition coefficient (Wildman–Crippen LogP) is -0.817. The van der Waals surface area contributed by atoms with Crippen LogP contribution in [-0.2, 0) is 4.79 Å². The van der Waals surface area contributed by atoms with E-state index in [0.717, 1.165) is 0 Å². The van der Waals surface area contributed by atoms with Gasteiger partial charge >= 0.3 is 0 Å². The van der Waals surface area contributed by atoms with Crippen LogP contribution in [0.4, 0.5) is 0 Å². The second kappa shape index (κ2) is 3.92. The molecule has 0 aliphatic rings. The van der Waals surface area contributed by atoms with Gasteiger partial charge in [0.1, 0.15) is 0 Å². The molecule has 1 N–H and O–H groups in total. The Hall–Kier alpha value is -1.25. The fourth-order valence-corrected chi connectivity index (χ4v) is 0.155. The van der Waals surface area contributed by atoms with Crippen molar-refractivity contribution in [1.82, 2.24) is 0 Å². The Balaban J connectivity index is 3.72. The van der Waals surface area contributed by atoms with Gasteiger partial charge in [-0.25, -0.2) is 0 Å². The van der Waals surface area contributed by atoms with E-state index in [1.807, 2.05) is 11.8 Å². The van der Waals surface area contributed by atoms with E-state index in [9.17, 15) is 4.79 Å². The highest BCUT2D eigenvalue weighted by molar-refractivity contribution is 5.72. The maximum absolute atomic E-state index is 9.47. The second-order valence-electron chi connectivity index (χ2n) is 0.976. The first-order chi connectivity index (χ1) is 3.81. The number of aldehydes is 1. The minimum Gasteiger partial charge on any atom is -0.369 e. The van der Waals surface area contributed by atoms with Crippen molar-refractivity contribution in [3.63, 3.8) is 0 Å². The van der Waals surface area contributed by atoms with Crippen LogP contribution in [0.1, 0.15) is 0 Å². The Morgan fingerprint density at radius 3 is 2.75 bits per heavy atom. The summed E-state index contributed by atoms with van der Waals surface area (Å²) in [5.74, 6) is 5.98. The monoisotopic (exact) mass is 108 g/mol. The van der Waals surface area contributed by atoms with Gasteiger partial charge in [0.05, 0.1) is 0 Å². The number of carbonyl (C=O) groups excluding carboxylic acids is 1. The van der Waals surface area contributed by atoms with Gasteiger partial charge in [-0.1, -0.05) is 11.8 Å². The van der Waals surface area contributed by atoms with Crippen molar-refractivity contribution in [3.05, 3.63) is 0 Å². The average molecular weight is 108 g/mol. The quantitative estimate of drug-likeness (QED) is 0.325. The van der Waals surface area contributed by atoms with E-state index in [0.29, 0.717) is 6.29 Å². The zero-order valence-corrected chi connectivity index (χ0v) is 4.09. The van der Waals surface area contributed by atoms with Gasteiger partial charge in [-0.3, -0.25) is 4.79 Å². The van der Waals surface area contributed by atoms with Crippen LogP contribution in [0.3, 0.4) is 0 Å². The van der Waals surface area contributed by atoms with Crippen molar-refractivity contribution in [3.8, 4) is 24.2 Å². The van der Waals surface area contributed by atoms with Gasteiger partial charge in [-0.05, 0) is 5.92 Å². The standard InChI is InChI=1S/C6H4O2/c1-2-6(8)4-3-5-7/h1,5-6,8H. The molecule has 0 rings (SSSR count). The highest BCUT2D eigenvalue weighted by Crippen LogP contribution is 1.69. The third-order valence-corrected chi connectivity index (χ3v) is 0.437. The molecular weight excluding hydrogens is 104 g/mol. The molecule has 40 valence electrons. The molecule has 1 atom stereocenters. The molecule has 0 bridgehead atoms. The molecule has 0 saturated heterocycles. The van der Waals surface area contributed by atoms with E-state index < -0.39 is 6.10 Å². The van der Waals surface area contributed by atoms with Gasteiger partial charge in [-0.2, -0.15) is 0 Å². The fourth-order valence-electron chi connectivity index (χ4n) is 0.155. The molecule has 0 heterocycles. The lowest BCUT2D eigenvalue weighted by atomic mass is 10.4. The summed E-state index contributed by atoms with van der Waals surface area (Å²) in [4.78, 5) is 9.47. The Bertz CT molecular complexity index is 165. The molecule has 0 fully saturated rings. The normalized spacial score (nSPS) is 10.0. The topological polar surface area (TPSA) is 37.3 Å². The van der Waals surface area contributed by atoms with E-state index >= 15 is 0 Å². The van der Waals surface area contributed by atoms with Gasteiger partial charge in [0, 0.05) is 0 Å². The number of aliphatic hydroxyl groups is 1. The fraction of sp³-hybridized carbons (Fsp3) is 0.167. The molecular formula is C6H4O2. The van der Waals surface area contributed by atoms with Crippen molar-refractivity contribution in [2.45, 2.75) is 6.10 Å². The van der Waals surface area contributed by atoms with Gasteiger partial charge in [-0.15, -0.1) is 6.42 Å². The van der Waals surface area contributed by atoms with Gasteiger partial charge in [0.25, 0.3) is 0 Å². The summed E-state index contributed by atoms with van der Waals surface area (Å²) in [5.41, 5.74) is 0. The van der Waals surface area contributed by atoms with Crippen molar-refractivity contribution in [2.24, 2.45) is 0 Å². The van der Waals surface area contributed by atoms with E-state index in [4.69, 9.17) is 11.5 Å². The Morgan fingerprint density at radius 2 is 2.38 bits per heavy atom. The minimum atomic E-state index is -1.11. The van der Waals surface area contributed by atoms with E-state index in [2.05, 4.69) is 5.92 Å². The molecule has 0 aromatic heterocycles. The largest absolute Gasteiger partial charge is 0.369 e. The number of rotatable bonds is 0. The van der Waals surface area contributed by atoms with Crippen LogP contribution in [0.2, 0.25) is 0 Å². The average Bonchev–Trinajstić information content (AvgIpc) is 1.83. The number of aliphatic hydroxyl groups excluding tert-OH is 1. The first-order valence-electron chi connectivity index (χ1n) is 1.90. The lowest BCUT2D eigenvalue weighted by Gasteiger charge is -1.82. The minimum absolute atomic E-state index is 0.376. The maximum atomic E-state index is 9.47. The zero-order chi connectivity index (χ0) is 6.41. The van der Waals surface area contributed by atoms with Gasteiger partial charge in [0.15, 0.2) is 12.4 Å². The molecule has 0 amide bonds. The summed E-state index contributed by atoms with van der Waals surface area (Å²) in [6, 6.07) is 0. The van der Waals surface area contributed by atoms with Crippen LogP contribution in [0.25, 0.3) is 0 Å². The Kier molecular flexibility index (Phi) is 3.31. The molecule has 0 saturated carbocycles. The van der Waals surface area contributed by atoms with Gasteiger partial charge in [0.2, 0.25) is 0 Å². The highest BCUT2D eigenvalue weighted by Gasteiger charge is 1.84. The molecule has 0 spiro atoms. The first kappa shape index (κ1) is 6.75. The maximum Gasteiger partial charge on any atom is 0.192 e. The number of carbonyl (C=O) groups is 1. The predicted molar refractivity (Wildman–Crippen MR) is 28.7 cm³/mol. The number of hydrogen-bond acceptors (Lipinski definition) is 2. The Morgan fingerprint density at radius 1 is 1.75 bits per heavy atom. The third-order valence-electron chi connectivity index (χ3n) is 0.437. The Labute approximate surface area is 47.5 Å². The van der Waals surface area contributed by atoms with Crippen molar-refractivity contribution in [1.29, 1.82) is 0 Å². The van der Waals surface area contributed by atoms with Crippen LogP contribution in [0.5, 0.6) is 0 Å². The van der Waals surface area contributed by atoms with Gasteiger partial charge < -0.3 is 5.11 Å². The third kappa shape index (κ3) is 2.96. The second-order valence-corrected chi connectivity index (χ2v) is 0.976. The summed E-state index contributed by atoms with van der Waals surface area (Å²) in [7, 11) is 0. The van der Waals surface area contributed by atoms with Crippen molar-refractivity contribution in [2.75, 3.05) is 0 Å². The van der Waals surface area contributed by atoms with Crippen LogP contribution in [0.15, 0.2) is 0 Å². The van der Waals surface area contributed by atoms with E-state index in [1.165, 1.54) is 0 Å². The molecule has 0 aromatic carbocycles. The highest BCUT2D eigenvalue weighted by atomic mass is 16.3. The SMILES string of the molecule is C#CC(O)C#CC=O. The summed E-state index contributed by atoms with van der Waals surface area (Å²) in [6.45, 7) is 0. The molecule has 1 unspecified atom stereocenters. The van der Waals surface area contributed by atoms with Crippen LogP contribution in [-0.4, -0.2) is 17.5 Å². The smallest absolute Gasteiger partial charge is 0.192 e.